The fraction of sp³-hybridized carbons (Fsp3) is 0.300. The van der Waals surface area contributed by atoms with Crippen LogP contribution in [-0.2, 0) is 27.3 Å². The lowest BCUT2D eigenvalue weighted by Gasteiger charge is -2.17. The Morgan fingerprint density at radius 1 is 1.08 bits per heavy atom. The summed E-state index contributed by atoms with van der Waals surface area (Å²) < 4.78 is 23.3. The Morgan fingerprint density at radius 3 is 2.46 bits per heavy atom. The van der Waals surface area contributed by atoms with Crippen molar-refractivity contribution in [3.05, 3.63) is 65.5 Å². The number of ether oxygens (including phenoxy) is 2. The molecule has 0 radical (unpaired) electrons. The van der Waals surface area contributed by atoms with Crippen LogP contribution in [-0.4, -0.2) is 37.5 Å². The Balaban J connectivity index is 1.72. The van der Waals surface area contributed by atoms with Gasteiger partial charge in [-0.1, -0.05) is 24.3 Å². The average molecular weight is 359 g/mol. The maximum absolute atomic E-state index is 13.2. The summed E-state index contributed by atoms with van der Waals surface area (Å²) in [5, 5.41) is 0. The molecule has 0 bridgehead atoms. The number of aryl methyl sites for hydroxylation is 1. The summed E-state index contributed by atoms with van der Waals surface area (Å²) in [4.78, 5) is 25.2. The van der Waals surface area contributed by atoms with E-state index in [9.17, 15) is 14.0 Å². The molecule has 0 aliphatic heterocycles. The molecule has 0 N–H and O–H groups in total. The fourth-order valence-electron chi connectivity index (χ4n) is 2.36. The van der Waals surface area contributed by atoms with Gasteiger partial charge in [-0.2, -0.15) is 0 Å². The molecule has 2 aromatic rings. The van der Waals surface area contributed by atoms with E-state index in [0.29, 0.717) is 12.0 Å². The minimum atomic E-state index is -0.437. The first-order chi connectivity index (χ1) is 12.5. The van der Waals surface area contributed by atoms with Crippen molar-refractivity contribution >= 4 is 11.9 Å². The molecule has 0 saturated heterocycles. The number of hydrogen-bond acceptors (Lipinski definition) is 4. The zero-order valence-corrected chi connectivity index (χ0v) is 14.9. The number of hydrogen-bond donors (Lipinski definition) is 0. The standard InChI is InChI=1S/C20H22FNO4/c1-22(13-16-4-3-5-17(21)12-16)19(23)14-26-20(24)11-8-15-6-9-18(25-2)10-7-15/h3-7,9-10,12H,8,11,13-14H2,1-2H3. The van der Waals surface area contributed by atoms with Crippen LogP contribution in [0, 0.1) is 5.82 Å². The summed E-state index contributed by atoms with van der Waals surface area (Å²) in [6.45, 7) is -0.0761. The molecule has 2 aromatic carbocycles. The Kier molecular flexibility index (Phi) is 7.14. The Hall–Kier alpha value is -2.89. The van der Waals surface area contributed by atoms with Crippen molar-refractivity contribution in [1.29, 1.82) is 0 Å². The van der Waals surface area contributed by atoms with E-state index in [0.717, 1.165) is 11.3 Å². The average Bonchev–Trinajstić information content (AvgIpc) is 2.64. The summed E-state index contributed by atoms with van der Waals surface area (Å²) in [5.74, 6) is -0.378. The highest BCUT2D eigenvalue weighted by Gasteiger charge is 2.13. The van der Waals surface area contributed by atoms with Crippen LogP contribution in [0.5, 0.6) is 5.75 Å². The molecule has 0 spiro atoms. The maximum Gasteiger partial charge on any atom is 0.306 e. The third-order valence-electron chi connectivity index (χ3n) is 3.87. The van der Waals surface area contributed by atoms with Gasteiger partial charge < -0.3 is 14.4 Å². The second-order valence-corrected chi connectivity index (χ2v) is 5.89. The Labute approximate surface area is 152 Å². The van der Waals surface area contributed by atoms with Gasteiger partial charge in [0.25, 0.3) is 5.91 Å². The number of rotatable bonds is 8. The van der Waals surface area contributed by atoms with E-state index in [4.69, 9.17) is 9.47 Å². The molecule has 0 fully saturated rings. The molecular weight excluding hydrogens is 337 g/mol. The number of halogens is 1. The normalized spacial score (nSPS) is 10.3. The van der Waals surface area contributed by atoms with Crippen molar-refractivity contribution in [2.75, 3.05) is 20.8 Å². The van der Waals surface area contributed by atoms with Crippen molar-refractivity contribution in [2.45, 2.75) is 19.4 Å². The molecule has 0 unspecified atom stereocenters. The van der Waals surface area contributed by atoms with Gasteiger partial charge in [0.2, 0.25) is 0 Å². The third-order valence-corrected chi connectivity index (χ3v) is 3.87. The van der Waals surface area contributed by atoms with E-state index in [-0.39, 0.29) is 31.3 Å². The predicted molar refractivity (Wildman–Crippen MR) is 95.1 cm³/mol. The zero-order valence-electron chi connectivity index (χ0n) is 14.9. The van der Waals surface area contributed by atoms with Gasteiger partial charge in [-0.15, -0.1) is 0 Å². The monoisotopic (exact) mass is 359 g/mol. The molecule has 0 aromatic heterocycles. The second-order valence-electron chi connectivity index (χ2n) is 5.89. The van der Waals surface area contributed by atoms with E-state index in [2.05, 4.69) is 0 Å². The largest absolute Gasteiger partial charge is 0.497 e. The zero-order chi connectivity index (χ0) is 18.9. The van der Waals surface area contributed by atoms with Gasteiger partial charge in [0.15, 0.2) is 6.61 Å². The number of amides is 1. The number of nitrogens with zero attached hydrogens (tertiary/aromatic N) is 1. The van der Waals surface area contributed by atoms with Crippen molar-refractivity contribution in [1.82, 2.24) is 4.90 Å². The summed E-state index contributed by atoms with van der Waals surface area (Å²) >= 11 is 0. The van der Waals surface area contributed by atoms with Crippen LogP contribution in [0.25, 0.3) is 0 Å². The number of esters is 1. The van der Waals surface area contributed by atoms with Gasteiger partial charge in [-0.25, -0.2) is 4.39 Å². The van der Waals surface area contributed by atoms with E-state index in [1.165, 1.54) is 17.0 Å². The quantitative estimate of drug-likeness (QED) is 0.680. The molecular formula is C20H22FNO4. The molecule has 0 saturated carbocycles. The van der Waals surface area contributed by atoms with Gasteiger partial charge >= 0.3 is 5.97 Å². The molecule has 26 heavy (non-hydrogen) atoms. The van der Waals surface area contributed by atoms with Gasteiger partial charge in [0.05, 0.1) is 7.11 Å². The highest BCUT2D eigenvalue weighted by molar-refractivity contribution is 5.80. The molecule has 6 heteroatoms. The first kappa shape index (κ1) is 19.4. The first-order valence-corrected chi connectivity index (χ1v) is 8.25. The summed E-state index contributed by atoms with van der Waals surface area (Å²) in [6, 6.07) is 13.4. The topological polar surface area (TPSA) is 55.8 Å². The number of methoxy groups -OCH3 is 1. The van der Waals surface area contributed by atoms with Crippen LogP contribution < -0.4 is 4.74 Å². The van der Waals surface area contributed by atoms with Gasteiger partial charge in [0, 0.05) is 20.0 Å². The smallest absolute Gasteiger partial charge is 0.306 e. The minimum absolute atomic E-state index is 0.188. The number of carbonyl (C=O) groups excluding carboxylic acids is 2. The molecule has 0 heterocycles. The van der Waals surface area contributed by atoms with Crippen LogP contribution in [0.1, 0.15) is 17.5 Å². The van der Waals surface area contributed by atoms with E-state index < -0.39 is 5.97 Å². The van der Waals surface area contributed by atoms with E-state index in [1.807, 2.05) is 24.3 Å². The lowest BCUT2D eigenvalue weighted by atomic mass is 10.1. The highest BCUT2D eigenvalue weighted by atomic mass is 19.1. The summed E-state index contributed by atoms with van der Waals surface area (Å²) in [6.07, 6.45) is 0.712. The van der Waals surface area contributed by atoms with Crippen molar-refractivity contribution < 1.29 is 23.5 Å². The highest BCUT2D eigenvalue weighted by Crippen LogP contribution is 2.13. The molecule has 1 amide bonds. The van der Waals surface area contributed by atoms with Gasteiger partial charge in [-0.05, 0) is 41.8 Å². The molecule has 2 rings (SSSR count). The SMILES string of the molecule is COc1ccc(CCC(=O)OCC(=O)N(C)Cc2cccc(F)c2)cc1. The number of likely N-dealkylation sites (N-methyl/N-ethyl adjacent to an activating group) is 1. The minimum Gasteiger partial charge on any atom is -0.497 e. The van der Waals surface area contributed by atoms with E-state index >= 15 is 0 Å². The number of benzene rings is 2. The first-order valence-electron chi connectivity index (χ1n) is 8.25. The van der Waals surface area contributed by atoms with Crippen molar-refractivity contribution in [2.24, 2.45) is 0 Å². The van der Waals surface area contributed by atoms with Crippen LogP contribution in [0.4, 0.5) is 4.39 Å². The molecule has 0 atom stereocenters. The lowest BCUT2D eigenvalue weighted by Crippen LogP contribution is -2.30. The Bertz CT molecular complexity index is 746. The Morgan fingerprint density at radius 2 is 1.81 bits per heavy atom. The van der Waals surface area contributed by atoms with Crippen LogP contribution >= 0.6 is 0 Å². The summed E-state index contributed by atoms with van der Waals surface area (Å²) in [5.41, 5.74) is 1.66. The number of carbonyl (C=O) groups is 2. The second kappa shape index (κ2) is 9.56. The molecule has 0 aliphatic carbocycles. The third kappa shape index (κ3) is 6.20. The molecule has 138 valence electrons. The fourth-order valence-corrected chi connectivity index (χ4v) is 2.36. The van der Waals surface area contributed by atoms with Crippen molar-refractivity contribution in [3.8, 4) is 5.75 Å². The maximum atomic E-state index is 13.2. The predicted octanol–water partition coefficient (Wildman–Crippen LogP) is 2.97. The summed E-state index contributed by atoms with van der Waals surface area (Å²) in [7, 11) is 3.17. The van der Waals surface area contributed by atoms with Crippen LogP contribution in [0.3, 0.4) is 0 Å². The molecule has 0 aliphatic rings. The molecule has 5 nitrogen and oxygen atoms in total. The van der Waals surface area contributed by atoms with Crippen LogP contribution in [0.15, 0.2) is 48.5 Å². The lowest BCUT2D eigenvalue weighted by molar-refractivity contribution is -0.151. The van der Waals surface area contributed by atoms with Crippen LogP contribution in [0.2, 0.25) is 0 Å². The van der Waals surface area contributed by atoms with Gasteiger partial charge in [-0.3, -0.25) is 9.59 Å². The van der Waals surface area contributed by atoms with Gasteiger partial charge in [0.1, 0.15) is 11.6 Å². The van der Waals surface area contributed by atoms with E-state index in [1.54, 1.807) is 26.3 Å². The van der Waals surface area contributed by atoms with Crippen molar-refractivity contribution in [3.63, 3.8) is 0 Å².